The van der Waals surface area contributed by atoms with Crippen LogP contribution in [-0.2, 0) is 14.3 Å². The SMILES string of the molecule is COC(=O)CCCCNC(=O)CC(NC(=O)c1ccccc1)c1ccccc1. The molecule has 0 aromatic heterocycles. The van der Waals surface area contributed by atoms with Gasteiger partial charge in [0, 0.05) is 18.5 Å². The second-order valence-corrected chi connectivity index (χ2v) is 6.39. The van der Waals surface area contributed by atoms with Crippen LogP contribution in [0, 0.1) is 0 Å². The van der Waals surface area contributed by atoms with Crippen LogP contribution in [-0.4, -0.2) is 31.4 Å². The molecule has 148 valence electrons. The Kier molecular flexibility index (Phi) is 8.72. The monoisotopic (exact) mass is 382 g/mol. The van der Waals surface area contributed by atoms with Gasteiger partial charge in [-0.2, -0.15) is 0 Å². The van der Waals surface area contributed by atoms with Gasteiger partial charge in [-0.05, 0) is 30.5 Å². The molecular formula is C22H26N2O4. The zero-order chi connectivity index (χ0) is 20.2. The fraction of sp³-hybridized carbons (Fsp3) is 0.318. The van der Waals surface area contributed by atoms with Crippen LogP contribution in [0.2, 0.25) is 0 Å². The minimum atomic E-state index is -0.427. The number of methoxy groups -OCH3 is 1. The van der Waals surface area contributed by atoms with Crippen LogP contribution in [0.15, 0.2) is 60.7 Å². The Balaban J connectivity index is 1.90. The van der Waals surface area contributed by atoms with Crippen LogP contribution in [0.4, 0.5) is 0 Å². The van der Waals surface area contributed by atoms with E-state index in [1.165, 1.54) is 7.11 Å². The van der Waals surface area contributed by atoms with Crippen LogP contribution in [0.1, 0.15) is 47.6 Å². The third kappa shape index (κ3) is 7.23. The molecule has 6 heteroatoms. The molecule has 0 bridgehead atoms. The number of unbranched alkanes of at least 4 members (excludes halogenated alkanes) is 1. The molecule has 2 rings (SSSR count). The van der Waals surface area contributed by atoms with E-state index in [2.05, 4.69) is 15.4 Å². The number of hydrogen-bond donors (Lipinski definition) is 2. The number of amides is 2. The van der Waals surface area contributed by atoms with Crippen molar-refractivity contribution in [1.29, 1.82) is 0 Å². The van der Waals surface area contributed by atoms with Crippen molar-refractivity contribution in [2.45, 2.75) is 31.7 Å². The normalized spacial score (nSPS) is 11.3. The number of esters is 1. The summed E-state index contributed by atoms with van der Waals surface area (Å²) in [7, 11) is 1.36. The van der Waals surface area contributed by atoms with Gasteiger partial charge in [0.15, 0.2) is 0 Å². The molecule has 0 heterocycles. The molecule has 2 aromatic rings. The van der Waals surface area contributed by atoms with Crippen molar-refractivity contribution in [2.24, 2.45) is 0 Å². The summed E-state index contributed by atoms with van der Waals surface area (Å²) in [5, 5.41) is 5.79. The summed E-state index contributed by atoms with van der Waals surface area (Å²) in [6, 6.07) is 17.9. The number of nitrogens with one attached hydrogen (secondary N) is 2. The third-order valence-corrected chi connectivity index (χ3v) is 4.29. The number of carbonyl (C=O) groups excluding carboxylic acids is 3. The van der Waals surface area contributed by atoms with Gasteiger partial charge in [0.25, 0.3) is 5.91 Å². The average Bonchev–Trinajstić information content (AvgIpc) is 2.74. The van der Waals surface area contributed by atoms with E-state index in [1.54, 1.807) is 24.3 Å². The van der Waals surface area contributed by atoms with Gasteiger partial charge in [0.05, 0.1) is 19.6 Å². The Morgan fingerprint density at radius 3 is 2.21 bits per heavy atom. The van der Waals surface area contributed by atoms with Crippen LogP contribution >= 0.6 is 0 Å². The lowest BCUT2D eigenvalue weighted by molar-refractivity contribution is -0.140. The summed E-state index contributed by atoms with van der Waals surface area (Å²) in [4.78, 5) is 35.9. The van der Waals surface area contributed by atoms with Crippen LogP contribution in [0.3, 0.4) is 0 Å². The first-order chi connectivity index (χ1) is 13.6. The van der Waals surface area contributed by atoms with E-state index in [0.29, 0.717) is 31.4 Å². The van der Waals surface area contributed by atoms with Gasteiger partial charge in [-0.3, -0.25) is 14.4 Å². The molecule has 0 aliphatic rings. The Labute approximate surface area is 165 Å². The van der Waals surface area contributed by atoms with Crippen molar-refractivity contribution in [2.75, 3.05) is 13.7 Å². The maximum Gasteiger partial charge on any atom is 0.305 e. The van der Waals surface area contributed by atoms with E-state index < -0.39 is 6.04 Å². The highest BCUT2D eigenvalue weighted by Crippen LogP contribution is 2.17. The van der Waals surface area contributed by atoms with E-state index in [9.17, 15) is 14.4 Å². The van der Waals surface area contributed by atoms with Crippen molar-refractivity contribution in [1.82, 2.24) is 10.6 Å². The smallest absolute Gasteiger partial charge is 0.305 e. The molecule has 0 aliphatic heterocycles. The highest BCUT2D eigenvalue weighted by atomic mass is 16.5. The summed E-state index contributed by atoms with van der Waals surface area (Å²) >= 11 is 0. The topological polar surface area (TPSA) is 84.5 Å². The first-order valence-corrected chi connectivity index (χ1v) is 9.34. The lowest BCUT2D eigenvalue weighted by Gasteiger charge is -2.19. The molecule has 0 fully saturated rings. The van der Waals surface area contributed by atoms with Crippen molar-refractivity contribution in [3.8, 4) is 0 Å². The van der Waals surface area contributed by atoms with Crippen molar-refractivity contribution in [3.63, 3.8) is 0 Å². The molecule has 0 radical (unpaired) electrons. The van der Waals surface area contributed by atoms with Gasteiger partial charge in [-0.15, -0.1) is 0 Å². The molecule has 0 spiro atoms. The zero-order valence-corrected chi connectivity index (χ0v) is 16.0. The van der Waals surface area contributed by atoms with Gasteiger partial charge < -0.3 is 15.4 Å². The average molecular weight is 382 g/mol. The first-order valence-electron chi connectivity index (χ1n) is 9.34. The van der Waals surface area contributed by atoms with E-state index >= 15 is 0 Å². The predicted molar refractivity (Wildman–Crippen MR) is 107 cm³/mol. The maximum atomic E-state index is 12.5. The molecule has 28 heavy (non-hydrogen) atoms. The summed E-state index contributed by atoms with van der Waals surface area (Å²) in [6.07, 6.45) is 1.82. The van der Waals surface area contributed by atoms with Crippen LogP contribution < -0.4 is 10.6 Å². The number of benzene rings is 2. The minimum Gasteiger partial charge on any atom is -0.469 e. The largest absolute Gasteiger partial charge is 0.469 e. The quantitative estimate of drug-likeness (QED) is 0.489. The number of ether oxygens (including phenoxy) is 1. The van der Waals surface area contributed by atoms with Gasteiger partial charge in [-0.25, -0.2) is 0 Å². The molecule has 0 saturated heterocycles. The highest BCUT2D eigenvalue weighted by molar-refractivity contribution is 5.94. The molecule has 1 unspecified atom stereocenters. The van der Waals surface area contributed by atoms with Gasteiger partial charge in [-0.1, -0.05) is 48.5 Å². The van der Waals surface area contributed by atoms with Crippen LogP contribution in [0.25, 0.3) is 0 Å². The summed E-state index contributed by atoms with van der Waals surface area (Å²) in [5.41, 5.74) is 1.42. The number of rotatable bonds is 10. The van der Waals surface area contributed by atoms with Gasteiger partial charge in [0.2, 0.25) is 5.91 Å². The number of hydrogen-bond acceptors (Lipinski definition) is 4. The van der Waals surface area contributed by atoms with Crippen molar-refractivity contribution < 1.29 is 19.1 Å². The van der Waals surface area contributed by atoms with E-state index in [1.807, 2.05) is 36.4 Å². The molecular weight excluding hydrogens is 356 g/mol. The summed E-state index contributed by atoms with van der Waals surface area (Å²) in [6.45, 7) is 0.476. The van der Waals surface area contributed by atoms with Crippen LogP contribution in [0.5, 0.6) is 0 Å². The Bertz CT molecular complexity index is 763. The molecule has 0 aliphatic carbocycles. The Hall–Kier alpha value is -3.15. The van der Waals surface area contributed by atoms with E-state index in [4.69, 9.17) is 0 Å². The maximum absolute atomic E-state index is 12.5. The van der Waals surface area contributed by atoms with Gasteiger partial charge >= 0.3 is 5.97 Å². The fourth-order valence-corrected chi connectivity index (χ4v) is 2.75. The van der Waals surface area contributed by atoms with Gasteiger partial charge in [0.1, 0.15) is 0 Å². The van der Waals surface area contributed by atoms with E-state index in [0.717, 1.165) is 5.56 Å². The Morgan fingerprint density at radius 2 is 1.57 bits per heavy atom. The first kappa shape index (κ1) is 21.2. The second kappa shape index (κ2) is 11.5. The standard InChI is InChI=1S/C22H26N2O4/c1-28-21(26)14-8-9-15-23-20(25)16-19(17-10-4-2-5-11-17)24-22(27)18-12-6-3-7-13-18/h2-7,10-13,19H,8-9,14-16H2,1H3,(H,23,25)(H,24,27). The molecule has 6 nitrogen and oxygen atoms in total. The van der Waals surface area contributed by atoms with Crippen molar-refractivity contribution in [3.05, 3.63) is 71.8 Å². The predicted octanol–water partition coefficient (Wildman–Crippen LogP) is 3.01. The van der Waals surface area contributed by atoms with Crippen molar-refractivity contribution >= 4 is 17.8 Å². The molecule has 2 amide bonds. The number of carbonyl (C=O) groups is 3. The highest BCUT2D eigenvalue weighted by Gasteiger charge is 2.19. The summed E-state index contributed by atoms with van der Waals surface area (Å²) in [5.74, 6) is -0.625. The molecule has 0 saturated carbocycles. The Morgan fingerprint density at radius 1 is 0.929 bits per heavy atom. The molecule has 2 N–H and O–H groups in total. The summed E-state index contributed by atoms with van der Waals surface area (Å²) < 4.78 is 4.59. The third-order valence-electron chi connectivity index (χ3n) is 4.29. The zero-order valence-electron chi connectivity index (χ0n) is 16.0. The molecule has 2 aromatic carbocycles. The second-order valence-electron chi connectivity index (χ2n) is 6.39. The minimum absolute atomic E-state index is 0.138. The molecule has 1 atom stereocenters. The lowest BCUT2D eigenvalue weighted by atomic mass is 10.0. The van der Waals surface area contributed by atoms with E-state index in [-0.39, 0.29) is 24.2 Å². The lowest BCUT2D eigenvalue weighted by Crippen LogP contribution is -2.34. The fourth-order valence-electron chi connectivity index (χ4n) is 2.75.